The molecule has 4 aromatic heterocycles. The van der Waals surface area contributed by atoms with Gasteiger partial charge in [-0.15, -0.1) is 24.8 Å². The molecule has 7 nitrogen and oxygen atoms in total. The first kappa shape index (κ1) is 22.4. The number of aromatic nitrogens is 5. The lowest BCUT2D eigenvalue weighted by Crippen LogP contribution is -2.43. The maximum Gasteiger partial charge on any atom is 0.128 e. The minimum atomic E-state index is 0. The van der Waals surface area contributed by atoms with Gasteiger partial charge in [-0.25, -0.2) is 9.50 Å². The molecule has 5 heterocycles. The molecule has 0 atom stereocenters. The molecule has 10 heteroatoms. The summed E-state index contributed by atoms with van der Waals surface area (Å²) in [5.41, 5.74) is 4.95. The van der Waals surface area contributed by atoms with E-state index in [0.717, 1.165) is 59.8 Å². The summed E-state index contributed by atoms with van der Waals surface area (Å²) in [6.07, 6.45) is 9.41. The molecule has 0 bridgehead atoms. The highest BCUT2D eigenvalue weighted by Crippen LogP contribution is 2.33. The van der Waals surface area contributed by atoms with Crippen molar-refractivity contribution in [3.05, 3.63) is 54.2 Å². The molecular formula is C20H22Cl3N7. The van der Waals surface area contributed by atoms with Crippen LogP contribution < -0.4 is 10.2 Å². The van der Waals surface area contributed by atoms with Crippen molar-refractivity contribution in [3.63, 3.8) is 0 Å². The molecule has 0 unspecified atom stereocenters. The van der Waals surface area contributed by atoms with Gasteiger partial charge in [0.15, 0.2) is 0 Å². The summed E-state index contributed by atoms with van der Waals surface area (Å²) in [5.74, 6) is 1.00. The Morgan fingerprint density at radius 3 is 2.40 bits per heavy atom. The van der Waals surface area contributed by atoms with E-state index in [9.17, 15) is 0 Å². The number of nitrogens with zero attached hydrogens (tertiary/aromatic N) is 6. The summed E-state index contributed by atoms with van der Waals surface area (Å²) in [7, 11) is 1.91. The molecule has 0 spiro atoms. The average molecular weight is 467 g/mol. The predicted octanol–water partition coefficient (Wildman–Crippen LogP) is 3.70. The Hall–Kier alpha value is -2.32. The van der Waals surface area contributed by atoms with Crippen LogP contribution in [-0.2, 0) is 7.05 Å². The third kappa shape index (κ3) is 4.11. The molecule has 0 aromatic carbocycles. The summed E-state index contributed by atoms with van der Waals surface area (Å²) < 4.78 is 3.61. The monoisotopic (exact) mass is 465 g/mol. The van der Waals surface area contributed by atoms with Crippen molar-refractivity contribution in [1.82, 2.24) is 29.7 Å². The van der Waals surface area contributed by atoms with Crippen LogP contribution in [0.25, 0.3) is 27.8 Å². The fourth-order valence-corrected chi connectivity index (χ4v) is 3.89. The van der Waals surface area contributed by atoms with Gasteiger partial charge < -0.3 is 10.2 Å². The number of halogens is 3. The molecule has 0 amide bonds. The van der Waals surface area contributed by atoms with E-state index in [1.165, 1.54) is 0 Å². The van der Waals surface area contributed by atoms with Gasteiger partial charge in [0.2, 0.25) is 0 Å². The van der Waals surface area contributed by atoms with Gasteiger partial charge in [0.1, 0.15) is 5.82 Å². The molecule has 30 heavy (non-hydrogen) atoms. The SMILES string of the molecule is Cl.Cl.Cn1cc(-c2cc(-c3ccc(N4CCNCC4)nc3)c3c(Cl)cnn3c2)cn1. The van der Waals surface area contributed by atoms with Crippen LogP contribution in [0, 0.1) is 0 Å². The first-order valence-corrected chi connectivity index (χ1v) is 9.65. The van der Waals surface area contributed by atoms with Crippen LogP contribution in [0.3, 0.4) is 0 Å². The number of hydrogen-bond acceptors (Lipinski definition) is 5. The van der Waals surface area contributed by atoms with Crippen LogP contribution in [0.1, 0.15) is 0 Å². The highest BCUT2D eigenvalue weighted by molar-refractivity contribution is 6.34. The van der Waals surface area contributed by atoms with Crippen molar-refractivity contribution < 1.29 is 0 Å². The second-order valence-electron chi connectivity index (χ2n) is 6.97. The first-order chi connectivity index (χ1) is 13.7. The Morgan fingerprint density at radius 1 is 0.933 bits per heavy atom. The van der Waals surface area contributed by atoms with E-state index in [2.05, 4.69) is 38.6 Å². The molecule has 0 radical (unpaired) electrons. The van der Waals surface area contributed by atoms with Gasteiger partial charge >= 0.3 is 0 Å². The Bertz CT molecular complexity index is 1130. The molecule has 4 aromatic rings. The van der Waals surface area contributed by atoms with Gasteiger partial charge in [0.25, 0.3) is 0 Å². The van der Waals surface area contributed by atoms with E-state index in [1.807, 2.05) is 36.4 Å². The summed E-state index contributed by atoms with van der Waals surface area (Å²) in [5, 5.41) is 12.7. The number of aryl methyl sites for hydroxylation is 1. The quantitative estimate of drug-likeness (QED) is 0.499. The van der Waals surface area contributed by atoms with Crippen molar-refractivity contribution in [2.24, 2.45) is 7.05 Å². The van der Waals surface area contributed by atoms with Crippen molar-refractivity contribution in [3.8, 4) is 22.3 Å². The first-order valence-electron chi connectivity index (χ1n) is 9.27. The lowest BCUT2D eigenvalue weighted by atomic mass is 10.0. The Balaban J connectivity index is 0.00000128. The third-order valence-electron chi connectivity index (χ3n) is 5.11. The van der Waals surface area contributed by atoms with Gasteiger partial charge in [0, 0.05) is 74.1 Å². The van der Waals surface area contributed by atoms with Crippen molar-refractivity contribution in [2.75, 3.05) is 31.1 Å². The second-order valence-corrected chi connectivity index (χ2v) is 7.38. The van der Waals surface area contributed by atoms with E-state index < -0.39 is 0 Å². The highest BCUT2D eigenvalue weighted by Gasteiger charge is 2.15. The van der Waals surface area contributed by atoms with E-state index >= 15 is 0 Å². The number of nitrogens with one attached hydrogen (secondary N) is 1. The minimum Gasteiger partial charge on any atom is -0.354 e. The number of hydrogen-bond donors (Lipinski definition) is 1. The maximum absolute atomic E-state index is 6.45. The molecule has 1 fully saturated rings. The summed E-state index contributed by atoms with van der Waals surface area (Å²) in [6.45, 7) is 3.92. The second kappa shape index (κ2) is 9.22. The van der Waals surface area contributed by atoms with Crippen LogP contribution in [0.5, 0.6) is 0 Å². The van der Waals surface area contributed by atoms with Gasteiger partial charge in [-0.3, -0.25) is 4.68 Å². The van der Waals surface area contributed by atoms with Crippen molar-refractivity contribution in [1.29, 1.82) is 0 Å². The molecule has 1 N–H and O–H groups in total. The molecule has 0 aliphatic carbocycles. The highest BCUT2D eigenvalue weighted by atomic mass is 35.5. The zero-order valence-corrected chi connectivity index (χ0v) is 18.7. The standard InChI is InChI=1S/C20H20ClN7.2ClH/c1-26-12-16(10-24-26)15-8-17(20-18(21)11-25-28(20)13-15)14-2-3-19(23-9-14)27-6-4-22-5-7-27;;/h2-3,8-13,22H,4-7H2,1H3;2*1H. The summed E-state index contributed by atoms with van der Waals surface area (Å²) >= 11 is 6.45. The minimum absolute atomic E-state index is 0. The molecule has 1 saturated heterocycles. The third-order valence-corrected chi connectivity index (χ3v) is 5.38. The largest absolute Gasteiger partial charge is 0.354 e. The van der Waals surface area contributed by atoms with Gasteiger partial charge in [-0.05, 0) is 18.2 Å². The Morgan fingerprint density at radius 2 is 1.73 bits per heavy atom. The van der Waals surface area contributed by atoms with E-state index in [0.29, 0.717) is 5.02 Å². The number of fused-ring (bicyclic) bond motifs is 1. The summed E-state index contributed by atoms with van der Waals surface area (Å²) in [6, 6.07) is 6.32. The van der Waals surface area contributed by atoms with Crippen LogP contribution in [0.2, 0.25) is 5.02 Å². The van der Waals surface area contributed by atoms with Gasteiger partial charge in [0.05, 0.1) is 22.9 Å². The molecule has 1 aliphatic heterocycles. The van der Waals surface area contributed by atoms with E-state index in [1.54, 1.807) is 10.9 Å². The predicted molar refractivity (Wildman–Crippen MR) is 125 cm³/mol. The average Bonchev–Trinajstić information content (AvgIpc) is 3.34. The molecule has 5 rings (SSSR count). The number of anilines is 1. The molecule has 0 saturated carbocycles. The smallest absolute Gasteiger partial charge is 0.128 e. The number of rotatable bonds is 3. The topological polar surface area (TPSA) is 63.3 Å². The van der Waals surface area contributed by atoms with Crippen LogP contribution in [-0.4, -0.2) is 50.6 Å². The molecule has 158 valence electrons. The van der Waals surface area contributed by atoms with Crippen molar-refractivity contribution >= 4 is 47.7 Å². The normalized spacial score (nSPS) is 13.7. The fraction of sp³-hybridized carbons (Fsp3) is 0.250. The van der Waals surface area contributed by atoms with Crippen LogP contribution in [0.15, 0.2) is 49.2 Å². The van der Waals surface area contributed by atoms with Gasteiger partial charge in [-0.2, -0.15) is 10.2 Å². The van der Waals surface area contributed by atoms with Crippen LogP contribution in [0.4, 0.5) is 5.82 Å². The van der Waals surface area contributed by atoms with E-state index in [4.69, 9.17) is 16.6 Å². The molecular weight excluding hydrogens is 445 g/mol. The lowest BCUT2D eigenvalue weighted by Gasteiger charge is -2.28. The number of pyridine rings is 2. The Kier molecular flexibility index (Phi) is 6.88. The van der Waals surface area contributed by atoms with Gasteiger partial charge in [-0.1, -0.05) is 11.6 Å². The Labute approximate surface area is 191 Å². The summed E-state index contributed by atoms with van der Waals surface area (Å²) in [4.78, 5) is 7.01. The van der Waals surface area contributed by atoms with Crippen molar-refractivity contribution in [2.45, 2.75) is 0 Å². The zero-order chi connectivity index (χ0) is 19.1. The van der Waals surface area contributed by atoms with Crippen LogP contribution >= 0.6 is 36.4 Å². The zero-order valence-electron chi connectivity index (χ0n) is 16.3. The van der Waals surface area contributed by atoms with E-state index in [-0.39, 0.29) is 24.8 Å². The maximum atomic E-state index is 6.45. The number of piperazine rings is 1. The molecule has 1 aliphatic rings. The lowest BCUT2D eigenvalue weighted by molar-refractivity contribution is 0.585. The fourth-order valence-electron chi connectivity index (χ4n) is 3.66.